The summed E-state index contributed by atoms with van der Waals surface area (Å²) in [5, 5.41) is 0.0236. The van der Waals surface area contributed by atoms with Crippen LogP contribution in [-0.2, 0) is 3.41 Å². The quantitative estimate of drug-likeness (QED) is 0.631. The molecule has 15 heavy (non-hydrogen) atoms. The van der Waals surface area contributed by atoms with Crippen molar-refractivity contribution in [2.75, 3.05) is 5.73 Å². The maximum absolute atomic E-state index is 12.6. The van der Waals surface area contributed by atoms with Gasteiger partial charge < -0.3 is 5.73 Å². The minimum atomic E-state index is -2.04. The van der Waals surface area contributed by atoms with Crippen molar-refractivity contribution in [3.05, 3.63) is 28.8 Å². The van der Waals surface area contributed by atoms with Gasteiger partial charge >= 0.3 is 0 Å². The Bertz CT molecular complexity index is 340. The largest absolute Gasteiger partial charge is 0.399 e. The second-order valence-electron chi connectivity index (χ2n) is 2.53. The van der Waals surface area contributed by atoms with E-state index in [-0.39, 0.29) is 10.6 Å². The predicted molar refractivity (Wildman–Crippen MR) is 63.6 cm³/mol. The van der Waals surface area contributed by atoms with E-state index in [1.54, 1.807) is 0 Å². The first-order valence-electron chi connectivity index (χ1n) is 3.54. The Morgan fingerprint density at radius 2 is 1.67 bits per heavy atom. The molecule has 0 unspecified atom stereocenters. The van der Waals surface area contributed by atoms with Gasteiger partial charge in [-0.3, -0.25) is 0 Å². The zero-order valence-corrected chi connectivity index (χ0v) is 10.3. The summed E-state index contributed by atoms with van der Waals surface area (Å²) < 4.78 is 35.7. The molecule has 2 N–H and O–H groups in total. The second kappa shape index (κ2) is 5.47. The van der Waals surface area contributed by atoms with E-state index in [1.807, 2.05) is 0 Å². The minimum Gasteiger partial charge on any atom is -0.399 e. The van der Waals surface area contributed by atoms with E-state index in [4.69, 9.17) is 17.3 Å². The first kappa shape index (κ1) is 13.2. The molecule has 1 rings (SSSR count). The summed E-state index contributed by atoms with van der Waals surface area (Å²) >= 11 is 4.35. The smallest absolute Gasteiger partial charge is 0.225 e. The van der Waals surface area contributed by atoms with Crippen LogP contribution in [0.25, 0.3) is 0 Å². The van der Waals surface area contributed by atoms with E-state index in [1.165, 1.54) is 18.2 Å². The fraction of sp³-hybridized carbons (Fsp3) is 0.143. The highest BCUT2D eigenvalue weighted by Crippen LogP contribution is 2.58. The standard InChI is InChI=1S/C7H5ClF3NS3/c8-6-3-4(12)1-2-5(6)7(13-9,14-10)15-11/h1-3H,12H2. The molecule has 0 atom stereocenters. The molecule has 0 aliphatic carbocycles. The summed E-state index contributed by atoms with van der Waals surface area (Å²) in [6.07, 6.45) is 0. The van der Waals surface area contributed by atoms with E-state index in [9.17, 15) is 11.7 Å². The molecular formula is C7H5ClF3NS3. The summed E-state index contributed by atoms with van der Waals surface area (Å²) in [6.45, 7) is 0. The van der Waals surface area contributed by atoms with Gasteiger partial charge in [0.25, 0.3) is 0 Å². The van der Waals surface area contributed by atoms with E-state index in [0.717, 1.165) is 0 Å². The van der Waals surface area contributed by atoms with Gasteiger partial charge in [0.1, 0.15) is 0 Å². The van der Waals surface area contributed by atoms with Crippen molar-refractivity contribution in [2.24, 2.45) is 0 Å². The molecule has 0 aromatic heterocycles. The van der Waals surface area contributed by atoms with Gasteiger partial charge in [0, 0.05) is 16.3 Å². The molecule has 1 aromatic carbocycles. The summed E-state index contributed by atoms with van der Waals surface area (Å²) in [5.74, 6) is 0. The number of halogens is 4. The molecule has 0 saturated carbocycles. The Morgan fingerprint density at radius 3 is 2.07 bits per heavy atom. The van der Waals surface area contributed by atoms with E-state index >= 15 is 0 Å². The van der Waals surface area contributed by atoms with Crippen molar-refractivity contribution in [1.82, 2.24) is 0 Å². The van der Waals surface area contributed by atoms with Crippen LogP contribution in [-0.4, -0.2) is 0 Å². The number of anilines is 1. The zero-order valence-electron chi connectivity index (χ0n) is 7.05. The van der Waals surface area contributed by atoms with Gasteiger partial charge in [0.2, 0.25) is 3.41 Å². The van der Waals surface area contributed by atoms with Crippen LogP contribution in [0.5, 0.6) is 0 Å². The van der Waals surface area contributed by atoms with Gasteiger partial charge in [-0.05, 0) is 12.1 Å². The molecule has 0 heterocycles. The maximum atomic E-state index is 12.6. The van der Waals surface area contributed by atoms with Crippen molar-refractivity contribution in [1.29, 1.82) is 0 Å². The van der Waals surface area contributed by atoms with Crippen LogP contribution in [0.15, 0.2) is 18.2 Å². The monoisotopic (exact) mass is 291 g/mol. The molecule has 0 fully saturated rings. The highest BCUT2D eigenvalue weighted by atomic mass is 35.5. The number of hydrogen-bond donors (Lipinski definition) is 1. The van der Waals surface area contributed by atoms with Crippen LogP contribution >= 0.6 is 48.0 Å². The topological polar surface area (TPSA) is 26.0 Å². The maximum Gasteiger partial charge on any atom is 0.225 e. The van der Waals surface area contributed by atoms with Gasteiger partial charge in [-0.15, -0.1) is 0 Å². The lowest BCUT2D eigenvalue weighted by Crippen LogP contribution is -2.09. The molecule has 0 saturated heterocycles. The average molecular weight is 292 g/mol. The lowest BCUT2D eigenvalue weighted by molar-refractivity contribution is 0.874. The van der Waals surface area contributed by atoms with Crippen LogP contribution in [0.3, 0.4) is 0 Å². The summed E-state index contributed by atoms with van der Waals surface area (Å²) in [4.78, 5) is 0. The average Bonchev–Trinajstić information content (AvgIpc) is 2.23. The molecule has 0 bridgehead atoms. The van der Waals surface area contributed by atoms with Crippen LogP contribution in [0.4, 0.5) is 17.3 Å². The fourth-order valence-corrected chi connectivity index (χ4v) is 2.51. The predicted octanol–water partition coefficient (Wildman–Crippen LogP) is 4.89. The molecule has 0 aliphatic rings. The number of hydrogen-bond acceptors (Lipinski definition) is 4. The lowest BCUT2D eigenvalue weighted by Gasteiger charge is -2.20. The number of nitrogen functional groups attached to an aromatic ring is 1. The highest BCUT2D eigenvalue weighted by molar-refractivity contribution is 8.28. The molecule has 1 nitrogen and oxygen atoms in total. The van der Waals surface area contributed by atoms with Crippen LogP contribution in [0, 0.1) is 0 Å². The Balaban J connectivity index is 3.22. The van der Waals surface area contributed by atoms with Crippen LogP contribution < -0.4 is 5.73 Å². The number of nitrogens with two attached hydrogens (primary N) is 1. The molecular weight excluding hydrogens is 287 g/mol. The third kappa shape index (κ3) is 2.64. The molecule has 0 radical (unpaired) electrons. The Labute approximate surface area is 103 Å². The molecule has 8 heteroatoms. The van der Waals surface area contributed by atoms with E-state index in [0.29, 0.717) is 5.69 Å². The van der Waals surface area contributed by atoms with Gasteiger partial charge in [0.15, 0.2) is 0 Å². The fourth-order valence-electron chi connectivity index (χ4n) is 0.940. The Morgan fingerprint density at radius 1 is 1.13 bits per heavy atom. The number of benzene rings is 1. The summed E-state index contributed by atoms with van der Waals surface area (Å²) in [5.41, 5.74) is 5.76. The van der Waals surface area contributed by atoms with E-state index in [2.05, 4.69) is 0 Å². The third-order valence-electron chi connectivity index (χ3n) is 1.63. The van der Waals surface area contributed by atoms with Crippen molar-refractivity contribution < 1.29 is 11.7 Å². The lowest BCUT2D eigenvalue weighted by atomic mass is 10.2. The molecule has 84 valence electrons. The first-order valence-corrected chi connectivity index (χ1v) is 6.07. The molecule has 0 spiro atoms. The van der Waals surface area contributed by atoms with Crippen molar-refractivity contribution >= 4 is 53.7 Å². The Hall–Kier alpha value is 0.150. The van der Waals surface area contributed by atoms with Gasteiger partial charge in [-0.1, -0.05) is 17.7 Å². The molecule has 1 aromatic rings. The molecule has 0 amide bonds. The van der Waals surface area contributed by atoms with Gasteiger partial charge in [-0.2, -0.15) is 11.7 Å². The highest BCUT2D eigenvalue weighted by Gasteiger charge is 2.40. The normalized spacial score (nSPS) is 11.7. The SMILES string of the molecule is Nc1ccc(C(SF)(SF)SF)c(Cl)c1. The van der Waals surface area contributed by atoms with Gasteiger partial charge in [0.05, 0.1) is 36.4 Å². The Kier molecular flexibility index (Phi) is 4.82. The zero-order chi connectivity index (χ0) is 11.5. The van der Waals surface area contributed by atoms with E-state index < -0.39 is 39.9 Å². The second-order valence-corrected chi connectivity index (χ2v) is 6.01. The van der Waals surface area contributed by atoms with Crippen molar-refractivity contribution in [3.63, 3.8) is 0 Å². The third-order valence-corrected chi connectivity index (χ3v) is 4.34. The summed E-state index contributed by atoms with van der Waals surface area (Å²) in [7, 11) is 0. The van der Waals surface area contributed by atoms with Crippen molar-refractivity contribution in [2.45, 2.75) is 3.41 Å². The number of rotatable bonds is 4. The first-order chi connectivity index (χ1) is 7.09. The van der Waals surface area contributed by atoms with Crippen LogP contribution in [0.2, 0.25) is 5.02 Å². The van der Waals surface area contributed by atoms with Gasteiger partial charge in [-0.25, -0.2) is 0 Å². The minimum absolute atomic E-state index is 0.00543. The van der Waals surface area contributed by atoms with Crippen LogP contribution in [0.1, 0.15) is 5.56 Å². The van der Waals surface area contributed by atoms with Crippen molar-refractivity contribution in [3.8, 4) is 0 Å². The summed E-state index contributed by atoms with van der Waals surface area (Å²) in [6, 6.07) is 4.01. The molecule has 0 aliphatic heterocycles.